The minimum absolute atomic E-state index is 0.0362. The van der Waals surface area contributed by atoms with Gasteiger partial charge in [-0.05, 0) is 31.4 Å². The number of aryl methyl sites for hydroxylation is 1. The van der Waals surface area contributed by atoms with Gasteiger partial charge in [-0.15, -0.1) is 0 Å². The van der Waals surface area contributed by atoms with Crippen molar-refractivity contribution in [1.82, 2.24) is 5.32 Å². The van der Waals surface area contributed by atoms with Crippen molar-refractivity contribution in [2.45, 2.75) is 25.9 Å². The maximum absolute atomic E-state index is 12.1. The smallest absolute Gasteiger partial charge is 0.240 e. The van der Waals surface area contributed by atoms with E-state index in [9.17, 15) is 13.2 Å². The molecule has 0 unspecified atom stereocenters. The van der Waals surface area contributed by atoms with Gasteiger partial charge in [0.05, 0.1) is 18.0 Å². The Labute approximate surface area is 131 Å². The Hall–Kier alpha value is -1.60. The quantitative estimate of drug-likeness (QED) is 0.848. The van der Waals surface area contributed by atoms with E-state index in [1.807, 2.05) is 19.1 Å². The first-order valence-corrected chi connectivity index (χ1v) is 9.14. The van der Waals surface area contributed by atoms with Crippen molar-refractivity contribution in [3.63, 3.8) is 0 Å². The van der Waals surface area contributed by atoms with Crippen molar-refractivity contribution >= 4 is 21.6 Å². The molecule has 0 aliphatic carbocycles. The molecule has 0 spiro atoms. The standard InChI is InChI=1S/C15H22N2O4S/c1-12-6-3-4-8-14(12)17(22(2,19)20)11-15(18)16-10-13-7-5-9-21-13/h3-4,6,8,13H,5,7,9-11H2,1-2H3,(H,16,18)/t13-/m1/s1. The Morgan fingerprint density at radius 1 is 1.41 bits per heavy atom. The molecule has 6 nitrogen and oxygen atoms in total. The molecule has 0 radical (unpaired) electrons. The van der Waals surface area contributed by atoms with Crippen LogP contribution in [-0.2, 0) is 19.6 Å². The second kappa shape index (κ2) is 7.11. The first kappa shape index (κ1) is 16.8. The van der Waals surface area contributed by atoms with Crippen LogP contribution < -0.4 is 9.62 Å². The zero-order valence-corrected chi connectivity index (χ0v) is 13.7. The third-order valence-corrected chi connectivity index (χ3v) is 4.75. The van der Waals surface area contributed by atoms with Crippen LogP contribution >= 0.6 is 0 Å². The molecule has 0 bridgehead atoms. The van der Waals surface area contributed by atoms with E-state index in [1.165, 1.54) is 0 Å². The van der Waals surface area contributed by atoms with Crippen molar-refractivity contribution in [3.05, 3.63) is 29.8 Å². The molecule has 2 rings (SSSR count). The summed E-state index contributed by atoms with van der Waals surface area (Å²) in [5.41, 5.74) is 1.33. The number of anilines is 1. The number of carbonyl (C=O) groups excluding carboxylic acids is 1. The van der Waals surface area contributed by atoms with Gasteiger partial charge in [0.1, 0.15) is 6.54 Å². The van der Waals surface area contributed by atoms with E-state index in [0.29, 0.717) is 12.2 Å². The minimum atomic E-state index is -3.53. The van der Waals surface area contributed by atoms with E-state index < -0.39 is 10.0 Å². The summed E-state index contributed by atoms with van der Waals surface area (Å²) in [7, 11) is -3.53. The second-order valence-electron chi connectivity index (χ2n) is 5.50. The van der Waals surface area contributed by atoms with Crippen LogP contribution in [0.2, 0.25) is 0 Å². The maximum Gasteiger partial charge on any atom is 0.240 e. The van der Waals surface area contributed by atoms with Gasteiger partial charge in [0.15, 0.2) is 0 Å². The van der Waals surface area contributed by atoms with E-state index in [4.69, 9.17) is 4.74 Å². The van der Waals surface area contributed by atoms with E-state index >= 15 is 0 Å². The average Bonchev–Trinajstić information content (AvgIpc) is 2.95. The first-order valence-electron chi connectivity index (χ1n) is 7.29. The lowest BCUT2D eigenvalue weighted by Crippen LogP contribution is -2.42. The van der Waals surface area contributed by atoms with Crippen LogP contribution in [0.3, 0.4) is 0 Å². The summed E-state index contributed by atoms with van der Waals surface area (Å²) in [5.74, 6) is -0.329. The number of hydrogen-bond acceptors (Lipinski definition) is 4. The van der Waals surface area contributed by atoms with Crippen LogP contribution in [0.1, 0.15) is 18.4 Å². The third kappa shape index (κ3) is 4.45. The zero-order chi connectivity index (χ0) is 16.2. The van der Waals surface area contributed by atoms with Gasteiger partial charge in [0.25, 0.3) is 0 Å². The molecule has 1 aliphatic rings. The third-order valence-electron chi connectivity index (χ3n) is 3.62. The molecule has 1 atom stereocenters. The SMILES string of the molecule is Cc1ccccc1N(CC(=O)NC[C@H]1CCCO1)S(C)(=O)=O. The van der Waals surface area contributed by atoms with Gasteiger partial charge in [0.2, 0.25) is 15.9 Å². The van der Waals surface area contributed by atoms with Crippen LogP contribution in [0.5, 0.6) is 0 Å². The molecule has 1 N–H and O–H groups in total. The predicted molar refractivity (Wildman–Crippen MR) is 85.4 cm³/mol. The lowest BCUT2D eigenvalue weighted by molar-refractivity contribution is -0.120. The van der Waals surface area contributed by atoms with Crippen LogP contribution in [0.15, 0.2) is 24.3 Å². The molecule has 122 valence electrons. The number of nitrogens with zero attached hydrogens (tertiary/aromatic N) is 1. The molecular formula is C15H22N2O4S. The summed E-state index contributed by atoms with van der Waals surface area (Å²) in [6.07, 6.45) is 3.06. The molecule has 1 heterocycles. The highest BCUT2D eigenvalue weighted by atomic mass is 32.2. The number of amides is 1. The monoisotopic (exact) mass is 326 g/mol. The van der Waals surface area contributed by atoms with E-state index in [-0.39, 0.29) is 18.6 Å². The lowest BCUT2D eigenvalue weighted by atomic mass is 10.2. The largest absolute Gasteiger partial charge is 0.376 e. The normalized spacial score (nSPS) is 18.2. The van der Waals surface area contributed by atoms with Crippen LogP contribution in [0.4, 0.5) is 5.69 Å². The fourth-order valence-electron chi connectivity index (χ4n) is 2.44. The fourth-order valence-corrected chi connectivity index (χ4v) is 3.36. The van der Waals surface area contributed by atoms with Gasteiger partial charge in [-0.1, -0.05) is 18.2 Å². The molecule has 0 aromatic heterocycles. The number of nitrogens with one attached hydrogen (secondary N) is 1. The van der Waals surface area contributed by atoms with E-state index in [2.05, 4.69) is 5.32 Å². The summed E-state index contributed by atoms with van der Waals surface area (Å²) >= 11 is 0. The highest BCUT2D eigenvalue weighted by molar-refractivity contribution is 7.92. The number of hydrogen-bond donors (Lipinski definition) is 1. The number of rotatable bonds is 6. The summed E-state index contributed by atoms with van der Waals surface area (Å²) < 4.78 is 30.6. The fraction of sp³-hybridized carbons (Fsp3) is 0.533. The molecule has 1 aromatic carbocycles. The van der Waals surface area contributed by atoms with Gasteiger partial charge in [-0.2, -0.15) is 0 Å². The van der Waals surface area contributed by atoms with Gasteiger partial charge < -0.3 is 10.1 Å². The Bertz CT molecular complexity index is 624. The summed E-state index contributed by atoms with van der Waals surface area (Å²) in [6.45, 7) is 2.73. The van der Waals surface area contributed by atoms with Crippen molar-refractivity contribution in [2.24, 2.45) is 0 Å². The average molecular weight is 326 g/mol. The van der Waals surface area contributed by atoms with Crippen molar-refractivity contribution in [2.75, 3.05) is 30.3 Å². The Morgan fingerprint density at radius 3 is 2.73 bits per heavy atom. The molecule has 0 saturated carbocycles. The van der Waals surface area contributed by atoms with Crippen LogP contribution in [0.25, 0.3) is 0 Å². The topological polar surface area (TPSA) is 75.7 Å². The molecule has 1 amide bonds. The highest BCUT2D eigenvalue weighted by Crippen LogP contribution is 2.21. The van der Waals surface area contributed by atoms with Gasteiger partial charge >= 0.3 is 0 Å². The predicted octanol–water partition coefficient (Wildman–Crippen LogP) is 1.06. The van der Waals surface area contributed by atoms with Crippen molar-refractivity contribution in [1.29, 1.82) is 0 Å². The van der Waals surface area contributed by atoms with Crippen LogP contribution in [0, 0.1) is 6.92 Å². The lowest BCUT2D eigenvalue weighted by Gasteiger charge is -2.23. The summed E-state index contributed by atoms with van der Waals surface area (Å²) in [5, 5.41) is 2.75. The molecule has 22 heavy (non-hydrogen) atoms. The number of benzene rings is 1. The molecule has 1 aromatic rings. The molecule has 1 fully saturated rings. The molecule has 1 saturated heterocycles. The number of para-hydroxylation sites is 1. The Balaban J connectivity index is 2.04. The van der Waals surface area contributed by atoms with Gasteiger partial charge in [-0.25, -0.2) is 8.42 Å². The van der Waals surface area contributed by atoms with Crippen molar-refractivity contribution in [3.8, 4) is 0 Å². The van der Waals surface area contributed by atoms with E-state index in [0.717, 1.165) is 35.6 Å². The van der Waals surface area contributed by atoms with Gasteiger partial charge in [0, 0.05) is 13.2 Å². The Kier molecular flexibility index (Phi) is 5.42. The number of ether oxygens (including phenoxy) is 1. The second-order valence-corrected chi connectivity index (χ2v) is 7.40. The summed E-state index contributed by atoms with van der Waals surface area (Å²) in [4.78, 5) is 12.1. The number of sulfonamides is 1. The molecular weight excluding hydrogens is 304 g/mol. The zero-order valence-electron chi connectivity index (χ0n) is 12.9. The number of carbonyl (C=O) groups is 1. The summed E-state index contributed by atoms with van der Waals surface area (Å²) in [6, 6.07) is 7.10. The Morgan fingerprint density at radius 2 is 2.14 bits per heavy atom. The first-order chi connectivity index (χ1) is 10.4. The van der Waals surface area contributed by atoms with E-state index in [1.54, 1.807) is 12.1 Å². The maximum atomic E-state index is 12.1. The van der Waals surface area contributed by atoms with Crippen LogP contribution in [-0.4, -0.2) is 46.4 Å². The minimum Gasteiger partial charge on any atom is -0.376 e. The van der Waals surface area contributed by atoms with Gasteiger partial charge in [-0.3, -0.25) is 9.10 Å². The van der Waals surface area contributed by atoms with Crippen molar-refractivity contribution < 1.29 is 17.9 Å². The highest BCUT2D eigenvalue weighted by Gasteiger charge is 2.23. The molecule has 7 heteroatoms. The molecule has 1 aliphatic heterocycles.